The Morgan fingerprint density at radius 1 is 1.05 bits per heavy atom. The van der Waals surface area contributed by atoms with Gasteiger partial charge in [0, 0.05) is 11.1 Å². The predicted molar refractivity (Wildman–Crippen MR) is 77.6 cm³/mol. The normalized spacial score (nSPS) is 10.3. The first-order valence-corrected chi connectivity index (χ1v) is 6.39. The SMILES string of the molecule is Cc1cc(C)c(C)c(Oc2cc(Cl)ccc2C=O)c1. The Kier molecular flexibility index (Phi) is 3.91. The summed E-state index contributed by atoms with van der Waals surface area (Å²) >= 11 is 5.95. The van der Waals surface area contributed by atoms with E-state index in [-0.39, 0.29) is 0 Å². The molecule has 98 valence electrons. The molecule has 0 heterocycles. The molecular weight excluding hydrogens is 260 g/mol. The molecule has 0 unspecified atom stereocenters. The van der Waals surface area contributed by atoms with Crippen molar-refractivity contribution in [2.45, 2.75) is 20.8 Å². The zero-order valence-corrected chi connectivity index (χ0v) is 11.9. The summed E-state index contributed by atoms with van der Waals surface area (Å²) in [5.41, 5.74) is 3.82. The standard InChI is InChI=1S/C16H15ClO2/c1-10-6-11(2)12(3)15(7-10)19-16-8-14(17)5-4-13(16)9-18/h4-9H,1-3H3. The number of rotatable bonds is 3. The Morgan fingerprint density at radius 3 is 2.47 bits per heavy atom. The molecule has 0 bridgehead atoms. The molecule has 0 N–H and O–H groups in total. The summed E-state index contributed by atoms with van der Waals surface area (Å²) in [6.45, 7) is 6.04. The van der Waals surface area contributed by atoms with E-state index in [9.17, 15) is 4.79 Å². The first kappa shape index (κ1) is 13.6. The van der Waals surface area contributed by atoms with Crippen LogP contribution in [-0.4, -0.2) is 6.29 Å². The number of benzene rings is 2. The van der Waals surface area contributed by atoms with Crippen molar-refractivity contribution < 1.29 is 9.53 Å². The maximum absolute atomic E-state index is 11.0. The minimum atomic E-state index is 0.482. The van der Waals surface area contributed by atoms with Gasteiger partial charge in [0.05, 0.1) is 5.56 Å². The van der Waals surface area contributed by atoms with Crippen molar-refractivity contribution in [3.05, 3.63) is 57.6 Å². The molecule has 2 nitrogen and oxygen atoms in total. The Hall–Kier alpha value is -1.80. The molecule has 0 fully saturated rings. The second-order valence-corrected chi connectivity index (χ2v) is 5.04. The highest BCUT2D eigenvalue weighted by Crippen LogP contribution is 2.31. The van der Waals surface area contributed by atoms with E-state index in [0.717, 1.165) is 28.7 Å². The molecule has 2 aromatic rings. The lowest BCUT2D eigenvalue weighted by Gasteiger charge is -2.13. The number of aldehydes is 1. The lowest BCUT2D eigenvalue weighted by atomic mass is 10.1. The largest absolute Gasteiger partial charge is 0.456 e. The Bertz CT molecular complexity index is 633. The van der Waals surface area contributed by atoms with Crippen LogP contribution in [0.1, 0.15) is 27.0 Å². The van der Waals surface area contributed by atoms with Crippen LogP contribution in [0.25, 0.3) is 0 Å². The van der Waals surface area contributed by atoms with Gasteiger partial charge in [-0.05, 0) is 55.7 Å². The smallest absolute Gasteiger partial charge is 0.153 e. The van der Waals surface area contributed by atoms with Gasteiger partial charge in [0.1, 0.15) is 11.5 Å². The molecule has 0 aliphatic carbocycles. The third-order valence-corrected chi connectivity index (χ3v) is 3.32. The number of carbonyl (C=O) groups is 1. The Balaban J connectivity index is 2.46. The summed E-state index contributed by atoms with van der Waals surface area (Å²) in [6.07, 6.45) is 0.768. The van der Waals surface area contributed by atoms with Crippen LogP contribution in [0.3, 0.4) is 0 Å². The lowest BCUT2D eigenvalue weighted by Crippen LogP contribution is -1.94. The van der Waals surface area contributed by atoms with Gasteiger partial charge >= 0.3 is 0 Å². The van der Waals surface area contributed by atoms with Gasteiger partial charge in [0.2, 0.25) is 0 Å². The monoisotopic (exact) mass is 274 g/mol. The van der Waals surface area contributed by atoms with Crippen LogP contribution in [0.4, 0.5) is 0 Å². The van der Waals surface area contributed by atoms with Crippen LogP contribution in [0, 0.1) is 20.8 Å². The summed E-state index contributed by atoms with van der Waals surface area (Å²) in [5, 5.41) is 0.544. The highest BCUT2D eigenvalue weighted by atomic mass is 35.5. The molecule has 2 aromatic carbocycles. The van der Waals surface area contributed by atoms with Crippen LogP contribution in [0.15, 0.2) is 30.3 Å². The fraction of sp³-hybridized carbons (Fsp3) is 0.188. The maximum atomic E-state index is 11.0. The topological polar surface area (TPSA) is 26.3 Å². The zero-order chi connectivity index (χ0) is 14.0. The van der Waals surface area contributed by atoms with Gasteiger partial charge in [-0.15, -0.1) is 0 Å². The number of carbonyl (C=O) groups excluding carboxylic acids is 1. The number of ether oxygens (including phenoxy) is 1. The van der Waals surface area contributed by atoms with Crippen molar-refractivity contribution in [2.24, 2.45) is 0 Å². The van der Waals surface area contributed by atoms with E-state index in [1.807, 2.05) is 26.8 Å². The molecular formula is C16H15ClO2. The van der Waals surface area contributed by atoms with Crippen LogP contribution >= 0.6 is 11.6 Å². The number of hydrogen-bond acceptors (Lipinski definition) is 2. The van der Waals surface area contributed by atoms with E-state index >= 15 is 0 Å². The van der Waals surface area contributed by atoms with Crippen molar-refractivity contribution in [1.82, 2.24) is 0 Å². The summed E-state index contributed by atoms with van der Waals surface area (Å²) in [7, 11) is 0. The minimum absolute atomic E-state index is 0.482. The average molecular weight is 275 g/mol. The van der Waals surface area contributed by atoms with Crippen molar-refractivity contribution in [3.8, 4) is 11.5 Å². The van der Waals surface area contributed by atoms with Gasteiger partial charge in [-0.1, -0.05) is 17.7 Å². The molecule has 0 aromatic heterocycles. The number of halogens is 1. The van der Waals surface area contributed by atoms with E-state index in [0.29, 0.717) is 16.3 Å². The summed E-state index contributed by atoms with van der Waals surface area (Å²) in [5.74, 6) is 1.23. The first-order valence-electron chi connectivity index (χ1n) is 6.01. The highest BCUT2D eigenvalue weighted by Gasteiger charge is 2.09. The second kappa shape index (κ2) is 5.45. The Labute approximate surface area is 118 Å². The summed E-state index contributed by atoms with van der Waals surface area (Å²) < 4.78 is 5.86. The number of hydrogen-bond donors (Lipinski definition) is 0. The van der Waals surface area contributed by atoms with Gasteiger partial charge in [-0.3, -0.25) is 4.79 Å². The molecule has 0 aliphatic heterocycles. The van der Waals surface area contributed by atoms with E-state index < -0.39 is 0 Å². The molecule has 3 heteroatoms. The minimum Gasteiger partial charge on any atom is -0.456 e. The molecule has 0 spiro atoms. The third-order valence-electron chi connectivity index (χ3n) is 3.09. The van der Waals surface area contributed by atoms with Gasteiger partial charge in [-0.2, -0.15) is 0 Å². The highest BCUT2D eigenvalue weighted by molar-refractivity contribution is 6.30. The molecule has 0 aliphatic rings. The third kappa shape index (κ3) is 2.96. The lowest BCUT2D eigenvalue weighted by molar-refractivity contribution is 0.112. The Morgan fingerprint density at radius 2 is 1.79 bits per heavy atom. The number of aryl methyl sites for hydroxylation is 2. The summed E-state index contributed by atoms with van der Waals surface area (Å²) in [6, 6.07) is 9.04. The fourth-order valence-electron chi connectivity index (χ4n) is 1.92. The van der Waals surface area contributed by atoms with Crippen molar-refractivity contribution in [2.75, 3.05) is 0 Å². The molecule has 0 amide bonds. The van der Waals surface area contributed by atoms with Crippen molar-refractivity contribution in [3.63, 3.8) is 0 Å². The van der Waals surface area contributed by atoms with Gasteiger partial charge in [0.15, 0.2) is 6.29 Å². The first-order chi connectivity index (χ1) is 9.01. The predicted octanol–water partition coefficient (Wildman–Crippen LogP) is 4.87. The zero-order valence-electron chi connectivity index (χ0n) is 11.2. The van der Waals surface area contributed by atoms with Crippen molar-refractivity contribution in [1.29, 1.82) is 0 Å². The quantitative estimate of drug-likeness (QED) is 0.747. The van der Waals surface area contributed by atoms with E-state index in [2.05, 4.69) is 6.07 Å². The van der Waals surface area contributed by atoms with Crippen LogP contribution in [-0.2, 0) is 0 Å². The van der Waals surface area contributed by atoms with Gasteiger partial charge in [-0.25, -0.2) is 0 Å². The van der Waals surface area contributed by atoms with Gasteiger partial charge in [0.25, 0.3) is 0 Å². The van der Waals surface area contributed by atoms with Crippen LogP contribution < -0.4 is 4.74 Å². The maximum Gasteiger partial charge on any atom is 0.153 e. The average Bonchev–Trinajstić information content (AvgIpc) is 2.35. The fourth-order valence-corrected chi connectivity index (χ4v) is 2.08. The molecule has 0 radical (unpaired) electrons. The molecule has 0 saturated carbocycles. The summed E-state index contributed by atoms with van der Waals surface area (Å²) in [4.78, 5) is 11.0. The molecule has 0 atom stereocenters. The van der Waals surface area contributed by atoms with E-state index in [1.165, 1.54) is 0 Å². The van der Waals surface area contributed by atoms with E-state index in [1.54, 1.807) is 18.2 Å². The molecule has 0 saturated heterocycles. The van der Waals surface area contributed by atoms with Crippen molar-refractivity contribution >= 4 is 17.9 Å². The van der Waals surface area contributed by atoms with Gasteiger partial charge < -0.3 is 4.74 Å². The molecule has 2 rings (SSSR count). The van der Waals surface area contributed by atoms with Crippen LogP contribution in [0.2, 0.25) is 5.02 Å². The van der Waals surface area contributed by atoms with E-state index in [4.69, 9.17) is 16.3 Å². The van der Waals surface area contributed by atoms with Crippen LogP contribution in [0.5, 0.6) is 11.5 Å². The second-order valence-electron chi connectivity index (χ2n) is 4.61. The molecule has 19 heavy (non-hydrogen) atoms.